The molecular formula is C17H24Cl2N6O2. The van der Waals surface area contributed by atoms with Gasteiger partial charge in [-0.2, -0.15) is 0 Å². The molecule has 0 spiro atoms. The Balaban J connectivity index is 0.00000182. The maximum atomic E-state index is 12.4. The van der Waals surface area contributed by atoms with E-state index in [1.54, 1.807) is 13.4 Å². The molecule has 8 nitrogen and oxygen atoms in total. The number of hydrogen-bond acceptors (Lipinski definition) is 3. The summed E-state index contributed by atoms with van der Waals surface area (Å²) in [6.07, 6.45) is 4.51. The zero-order valence-electron chi connectivity index (χ0n) is 15.5. The van der Waals surface area contributed by atoms with Gasteiger partial charge in [-0.05, 0) is 6.92 Å². The molecular weight excluding hydrogens is 391 g/mol. The number of pyridine rings is 1. The predicted octanol–water partition coefficient (Wildman–Crippen LogP) is -7.55. The summed E-state index contributed by atoms with van der Waals surface area (Å²) in [6, 6.07) is 6.49. The molecule has 1 unspecified atom stereocenters. The predicted molar refractivity (Wildman–Crippen MR) is 93.2 cm³/mol. The van der Waals surface area contributed by atoms with E-state index in [2.05, 4.69) is 28.3 Å². The number of nitrogens with one attached hydrogen (secondary N) is 1. The molecule has 0 aliphatic carbocycles. The van der Waals surface area contributed by atoms with E-state index in [0.717, 1.165) is 17.5 Å². The number of quaternary nitrogens is 1. The van der Waals surface area contributed by atoms with E-state index in [-0.39, 0.29) is 36.1 Å². The van der Waals surface area contributed by atoms with Gasteiger partial charge in [0.05, 0.1) is 31.9 Å². The van der Waals surface area contributed by atoms with Gasteiger partial charge in [-0.25, -0.2) is 14.8 Å². The smallest absolute Gasteiger partial charge is 0.332 e. The van der Waals surface area contributed by atoms with E-state index in [4.69, 9.17) is 0 Å². The van der Waals surface area contributed by atoms with Gasteiger partial charge in [0.2, 0.25) is 0 Å². The second-order valence-electron chi connectivity index (χ2n) is 6.41. The number of nitrogens with zero attached hydrogens (tertiary/aromatic N) is 4. The normalized spacial score (nSPS) is 11.7. The molecule has 27 heavy (non-hydrogen) atoms. The Labute approximate surface area is 169 Å². The molecule has 3 aromatic heterocycles. The third-order valence-corrected chi connectivity index (χ3v) is 4.47. The molecule has 3 heterocycles. The largest absolute Gasteiger partial charge is 1.00 e. The quantitative estimate of drug-likeness (QED) is 0.434. The lowest BCUT2D eigenvalue weighted by Gasteiger charge is -2.10. The van der Waals surface area contributed by atoms with Crippen LogP contribution in [-0.2, 0) is 27.1 Å². The molecule has 0 aromatic carbocycles. The molecule has 0 amide bonds. The standard InChI is InChI=1S/C17H22N6O2.2ClH/c1-12(10-13-6-4-5-7-19-13)18-8-9-23-11-20-15-14(23)16(24)22(3)17(25)21(15)2;;/h4-7,11-12,18H,8-10H2,1-3H3;2*1H. The van der Waals surface area contributed by atoms with Crippen molar-refractivity contribution in [2.24, 2.45) is 14.1 Å². The van der Waals surface area contributed by atoms with Gasteiger partial charge < -0.3 is 34.7 Å². The van der Waals surface area contributed by atoms with Crippen LogP contribution in [0.15, 0.2) is 40.3 Å². The lowest BCUT2D eigenvalue weighted by Crippen LogP contribution is -3.00. The first-order valence-electron chi connectivity index (χ1n) is 8.39. The van der Waals surface area contributed by atoms with Gasteiger partial charge in [-0.3, -0.25) is 13.9 Å². The maximum absolute atomic E-state index is 12.4. The van der Waals surface area contributed by atoms with Crippen molar-refractivity contribution < 1.29 is 35.1 Å². The summed E-state index contributed by atoms with van der Waals surface area (Å²) >= 11 is 0. The molecule has 3 rings (SSSR count). The minimum Gasteiger partial charge on any atom is -1.00 e. The van der Waals surface area contributed by atoms with Gasteiger partial charge in [0, 0.05) is 26.2 Å². The molecule has 148 valence electrons. The number of nitrogens with two attached hydrogens (primary N) is 1. The number of halogens is 2. The van der Waals surface area contributed by atoms with Crippen LogP contribution in [0.2, 0.25) is 0 Å². The third-order valence-electron chi connectivity index (χ3n) is 4.47. The van der Waals surface area contributed by atoms with Crippen LogP contribution < -0.4 is 46.4 Å². The Kier molecular flexibility index (Phi) is 8.20. The number of aromatic nitrogens is 5. The van der Waals surface area contributed by atoms with Gasteiger partial charge in [-0.1, -0.05) is 6.07 Å². The first-order valence-corrected chi connectivity index (χ1v) is 8.39. The van der Waals surface area contributed by atoms with E-state index < -0.39 is 0 Å². The van der Waals surface area contributed by atoms with Crippen molar-refractivity contribution in [2.45, 2.75) is 25.9 Å². The first-order chi connectivity index (χ1) is 12.0. The summed E-state index contributed by atoms with van der Waals surface area (Å²) in [7, 11) is 3.12. The molecule has 0 aliphatic rings. The highest BCUT2D eigenvalue weighted by atomic mass is 35.5. The average Bonchev–Trinajstić information content (AvgIpc) is 3.03. The summed E-state index contributed by atoms with van der Waals surface area (Å²) in [4.78, 5) is 31.8. The van der Waals surface area contributed by atoms with Crippen LogP contribution in [-0.4, -0.2) is 31.3 Å². The van der Waals surface area contributed by atoms with Gasteiger partial charge in [0.25, 0.3) is 5.56 Å². The minimum atomic E-state index is -0.359. The summed E-state index contributed by atoms with van der Waals surface area (Å²) < 4.78 is 4.36. The van der Waals surface area contributed by atoms with Crippen molar-refractivity contribution >= 4 is 11.2 Å². The van der Waals surface area contributed by atoms with Crippen LogP contribution in [0.25, 0.3) is 11.2 Å². The summed E-state index contributed by atoms with van der Waals surface area (Å²) in [6.45, 7) is 3.66. The highest BCUT2D eigenvalue weighted by Crippen LogP contribution is 2.04. The number of imidazole rings is 1. The third kappa shape index (κ3) is 4.77. The number of rotatable bonds is 6. The highest BCUT2D eigenvalue weighted by molar-refractivity contribution is 5.69. The fraction of sp³-hybridized carbons (Fsp3) is 0.412. The topological polar surface area (TPSA) is 92.6 Å². The molecule has 0 radical (unpaired) electrons. The lowest BCUT2D eigenvalue weighted by atomic mass is 10.1. The second-order valence-corrected chi connectivity index (χ2v) is 6.41. The number of H-pyrrole nitrogens is 1. The fourth-order valence-electron chi connectivity index (χ4n) is 3.05. The molecule has 0 bridgehead atoms. The van der Waals surface area contributed by atoms with Crippen LogP contribution in [0.4, 0.5) is 0 Å². The van der Waals surface area contributed by atoms with E-state index in [0.29, 0.717) is 23.8 Å². The Morgan fingerprint density at radius 3 is 2.59 bits per heavy atom. The van der Waals surface area contributed by atoms with E-state index >= 15 is 0 Å². The summed E-state index contributed by atoms with van der Waals surface area (Å²) in [5.41, 5.74) is 1.44. The van der Waals surface area contributed by atoms with Crippen LogP contribution in [0.5, 0.6) is 0 Å². The zero-order valence-corrected chi connectivity index (χ0v) is 17.0. The van der Waals surface area contributed by atoms with Crippen LogP contribution in [0, 0.1) is 0 Å². The molecule has 0 saturated carbocycles. The summed E-state index contributed by atoms with van der Waals surface area (Å²) in [5.74, 6) is 0. The Bertz CT molecular complexity index is 996. The highest BCUT2D eigenvalue weighted by Gasteiger charge is 2.15. The molecule has 3 N–H and O–H groups in total. The van der Waals surface area contributed by atoms with Crippen LogP contribution in [0.3, 0.4) is 0 Å². The Morgan fingerprint density at radius 1 is 1.19 bits per heavy atom. The Morgan fingerprint density at radius 2 is 1.93 bits per heavy atom. The minimum absolute atomic E-state index is 0. The monoisotopic (exact) mass is 414 g/mol. The second kappa shape index (κ2) is 9.68. The Hall–Kier alpha value is -2.16. The average molecular weight is 415 g/mol. The van der Waals surface area contributed by atoms with E-state index in [1.807, 2.05) is 22.9 Å². The maximum Gasteiger partial charge on any atom is 0.332 e. The van der Waals surface area contributed by atoms with Crippen molar-refractivity contribution in [3.8, 4) is 0 Å². The van der Waals surface area contributed by atoms with Crippen molar-refractivity contribution in [1.82, 2.24) is 18.7 Å². The molecule has 0 saturated heterocycles. The van der Waals surface area contributed by atoms with E-state index in [9.17, 15) is 9.59 Å². The molecule has 0 fully saturated rings. The fourth-order valence-corrected chi connectivity index (χ4v) is 3.05. The van der Waals surface area contributed by atoms with Crippen molar-refractivity contribution in [2.75, 3.05) is 6.54 Å². The van der Waals surface area contributed by atoms with Gasteiger partial charge in [0.1, 0.15) is 0 Å². The lowest BCUT2D eigenvalue weighted by molar-refractivity contribution is -0.687. The number of fused-ring (bicyclic) bond motifs is 1. The van der Waals surface area contributed by atoms with Gasteiger partial charge >= 0.3 is 5.69 Å². The van der Waals surface area contributed by atoms with Crippen molar-refractivity contribution in [3.05, 3.63) is 57.3 Å². The number of aromatic amines is 1. The molecule has 1 atom stereocenters. The zero-order chi connectivity index (χ0) is 18.0. The van der Waals surface area contributed by atoms with Crippen LogP contribution >= 0.6 is 0 Å². The van der Waals surface area contributed by atoms with Crippen molar-refractivity contribution in [1.29, 1.82) is 0 Å². The van der Waals surface area contributed by atoms with Gasteiger partial charge in [0.15, 0.2) is 23.1 Å². The molecule has 3 aromatic rings. The van der Waals surface area contributed by atoms with Crippen molar-refractivity contribution in [3.63, 3.8) is 0 Å². The van der Waals surface area contributed by atoms with Crippen LogP contribution in [0.1, 0.15) is 12.6 Å². The van der Waals surface area contributed by atoms with Gasteiger partial charge in [-0.15, -0.1) is 0 Å². The first kappa shape index (κ1) is 22.9. The molecule has 10 heteroatoms. The summed E-state index contributed by atoms with van der Waals surface area (Å²) in [5, 5.41) is 2.25. The number of hydrogen-bond donors (Lipinski definition) is 1. The molecule has 0 aliphatic heterocycles. The van der Waals surface area contributed by atoms with E-state index in [1.165, 1.54) is 17.3 Å². The number of aryl methyl sites for hydroxylation is 1. The SMILES string of the molecule is CC(Cc1cccc[nH+]1)[NH2+]CCn1cnc2c1c(=O)n(C)c(=O)n2C.[Cl-].[Cl-].